The number of carbonyl (C=O) groups excluding carboxylic acids is 2. The van der Waals surface area contributed by atoms with E-state index in [0.717, 1.165) is 9.78 Å². The van der Waals surface area contributed by atoms with Crippen LogP contribution in [0.5, 0.6) is 0 Å². The van der Waals surface area contributed by atoms with Crippen molar-refractivity contribution in [2.24, 2.45) is 0 Å². The molecule has 122 valence electrons. The SMILES string of the molecule is COC(=O)c1ccc(CCCN2C(=O)C(F)(F)CC2CO)s1. The normalized spacial score (nSPS) is 20.5. The van der Waals surface area contributed by atoms with Crippen molar-refractivity contribution < 1.29 is 28.2 Å². The molecule has 1 aromatic rings. The number of hydrogen-bond acceptors (Lipinski definition) is 5. The summed E-state index contributed by atoms with van der Waals surface area (Å²) < 4.78 is 31.3. The number of carbonyl (C=O) groups is 2. The van der Waals surface area contributed by atoms with E-state index in [1.54, 1.807) is 12.1 Å². The molecule has 0 spiro atoms. The molecule has 1 fully saturated rings. The molecular formula is C14H17F2NO4S. The van der Waals surface area contributed by atoms with Gasteiger partial charge in [0.15, 0.2) is 0 Å². The summed E-state index contributed by atoms with van der Waals surface area (Å²) in [7, 11) is 1.30. The van der Waals surface area contributed by atoms with E-state index in [1.165, 1.54) is 18.4 Å². The van der Waals surface area contributed by atoms with Crippen LogP contribution in [0.25, 0.3) is 0 Å². The van der Waals surface area contributed by atoms with Gasteiger partial charge >= 0.3 is 11.9 Å². The molecule has 2 heterocycles. The van der Waals surface area contributed by atoms with E-state index in [9.17, 15) is 18.4 Å². The number of thiophene rings is 1. The molecule has 1 N–H and O–H groups in total. The number of halogens is 2. The van der Waals surface area contributed by atoms with Gasteiger partial charge in [0, 0.05) is 17.8 Å². The number of ether oxygens (including phenoxy) is 1. The molecule has 1 aromatic heterocycles. The number of methoxy groups -OCH3 is 1. The molecule has 1 unspecified atom stereocenters. The molecule has 1 aliphatic rings. The molecule has 1 aliphatic heterocycles. The fourth-order valence-corrected chi connectivity index (χ4v) is 3.43. The highest BCUT2D eigenvalue weighted by Gasteiger charge is 2.52. The Bertz CT molecular complexity index is 561. The van der Waals surface area contributed by atoms with Crippen molar-refractivity contribution in [2.75, 3.05) is 20.3 Å². The van der Waals surface area contributed by atoms with Crippen LogP contribution in [0.4, 0.5) is 8.78 Å². The minimum Gasteiger partial charge on any atom is -0.465 e. The van der Waals surface area contributed by atoms with Crippen molar-refractivity contribution in [1.29, 1.82) is 0 Å². The highest BCUT2D eigenvalue weighted by molar-refractivity contribution is 7.13. The summed E-state index contributed by atoms with van der Waals surface area (Å²) in [5.41, 5.74) is 0. The molecule has 1 saturated heterocycles. The lowest BCUT2D eigenvalue weighted by Gasteiger charge is -2.22. The van der Waals surface area contributed by atoms with Crippen LogP contribution >= 0.6 is 11.3 Å². The first-order valence-corrected chi connectivity index (χ1v) is 7.67. The molecular weight excluding hydrogens is 316 g/mol. The molecule has 5 nitrogen and oxygen atoms in total. The third-order valence-electron chi connectivity index (χ3n) is 3.59. The van der Waals surface area contributed by atoms with Gasteiger partial charge in [0.25, 0.3) is 5.91 Å². The second kappa shape index (κ2) is 6.70. The Morgan fingerprint density at radius 3 is 2.91 bits per heavy atom. The van der Waals surface area contributed by atoms with Crippen LogP contribution in [0.15, 0.2) is 12.1 Å². The third-order valence-corrected chi connectivity index (χ3v) is 4.71. The maximum Gasteiger partial charge on any atom is 0.348 e. The minimum atomic E-state index is -3.38. The van der Waals surface area contributed by atoms with Gasteiger partial charge in [0.05, 0.1) is 19.8 Å². The van der Waals surface area contributed by atoms with Crippen molar-refractivity contribution in [3.8, 4) is 0 Å². The quantitative estimate of drug-likeness (QED) is 0.805. The van der Waals surface area contributed by atoms with Crippen LogP contribution in [0.1, 0.15) is 27.4 Å². The molecule has 2 rings (SSSR count). The Morgan fingerprint density at radius 1 is 1.55 bits per heavy atom. The van der Waals surface area contributed by atoms with Crippen LogP contribution in [-0.4, -0.2) is 54.1 Å². The second-order valence-electron chi connectivity index (χ2n) is 5.10. The summed E-state index contributed by atoms with van der Waals surface area (Å²) in [4.78, 5) is 25.4. The summed E-state index contributed by atoms with van der Waals surface area (Å²) in [5.74, 6) is -5.01. The predicted molar refractivity (Wildman–Crippen MR) is 76.1 cm³/mol. The summed E-state index contributed by atoms with van der Waals surface area (Å²) in [6, 6.07) is 2.61. The van der Waals surface area contributed by atoms with Gasteiger partial charge in [-0.05, 0) is 25.0 Å². The Balaban J connectivity index is 1.89. The maximum absolute atomic E-state index is 13.4. The summed E-state index contributed by atoms with van der Waals surface area (Å²) in [5, 5.41) is 9.12. The first kappa shape index (κ1) is 16.8. The van der Waals surface area contributed by atoms with Crippen molar-refractivity contribution in [2.45, 2.75) is 31.2 Å². The van der Waals surface area contributed by atoms with Crippen LogP contribution in [0, 0.1) is 0 Å². The highest BCUT2D eigenvalue weighted by atomic mass is 32.1. The van der Waals surface area contributed by atoms with E-state index in [0.29, 0.717) is 17.7 Å². The molecule has 0 aliphatic carbocycles. The van der Waals surface area contributed by atoms with E-state index >= 15 is 0 Å². The van der Waals surface area contributed by atoms with Gasteiger partial charge < -0.3 is 14.7 Å². The lowest BCUT2D eigenvalue weighted by molar-refractivity contribution is -0.148. The van der Waals surface area contributed by atoms with Gasteiger partial charge in [-0.2, -0.15) is 8.78 Å². The first-order chi connectivity index (χ1) is 10.4. The van der Waals surface area contributed by atoms with Gasteiger partial charge in [-0.3, -0.25) is 4.79 Å². The number of esters is 1. The first-order valence-electron chi connectivity index (χ1n) is 6.86. The van der Waals surface area contributed by atoms with Gasteiger partial charge in [0.2, 0.25) is 0 Å². The molecule has 22 heavy (non-hydrogen) atoms. The number of aliphatic hydroxyl groups is 1. The number of amides is 1. The minimum absolute atomic E-state index is 0.158. The van der Waals surface area contributed by atoms with Crippen molar-refractivity contribution in [3.63, 3.8) is 0 Å². The van der Waals surface area contributed by atoms with Crippen molar-refractivity contribution >= 4 is 23.2 Å². The van der Waals surface area contributed by atoms with Crippen LogP contribution < -0.4 is 0 Å². The highest BCUT2D eigenvalue weighted by Crippen LogP contribution is 2.33. The number of aryl methyl sites for hydroxylation is 1. The van der Waals surface area contributed by atoms with Gasteiger partial charge in [0.1, 0.15) is 4.88 Å². The number of rotatable bonds is 6. The fraction of sp³-hybridized carbons (Fsp3) is 0.571. The zero-order chi connectivity index (χ0) is 16.3. The van der Waals surface area contributed by atoms with E-state index in [1.807, 2.05) is 0 Å². The number of likely N-dealkylation sites (tertiary alicyclic amines) is 1. The molecule has 1 atom stereocenters. The Morgan fingerprint density at radius 2 is 2.27 bits per heavy atom. The lowest BCUT2D eigenvalue weighted by atomic mass is 10.2. The van der Waals surface area contributed by atoms with Crippen LogP contribution in [-0.2, 0) is 16.0 Å². The van der Waals surface area contributed by atoms with E-state index in [4.69, 9.17) is 5.11 Å². The van der Waals surface area contributed by atoms with Crippen LogP contribution in [0.2, 0.25) is 0 Å². The molecule has 0 bridgehead atoms. The molecule has 8 heteroatoms. The van der Waals surface area contributed by atoms with Gasteiger partial charge in [-0.25, -0.2) is 4.79 Å². The zero-order valence-electron chi connectivity index (χ0n) is 12.1. The average Bonchev–Trinajstić information content (AvgIpc) is 3.04. The molecule has 0 aromatic carbocycles. The summed E-state index contributed by atoms with van der Waals surface area (Å²) >= 11 is 1.28. The van der Waals surface area contributed by atoms with E-state index in [2.05, 4.69) is 4.74 Å². The van der Waals surface area contributed by atoms with Gasteiger partial charge in [-0.1, -0.05) is 0 Å². The third kappa shape index (κ3) is 3.44. The number of hydrogen-bond donors (Lipinski definition) is 1. The standard InChI is InChI=1S/C14H17F2NO4S/c1-21-12(19)11-5-4-10(22-11)3-2-6-17-9(8-18)7-14(15,16)13(17)20/h4-5,9,18H,2-3,6-8H2,1H3. The topological polar surface area (TPSA) is 66.8 Å². The summed E-state index contributed by atoms with van der Waals surface area (Å²) in [6.07, 6.45) is 0.419. The zero-order valence-corrected chi connectivity index (χ0v) is 12.9. The van der Waals surface area contributed by atoms with E-state index in [-0.39, 0.29) is 6.54 Å². The predicted octanol–water partition coefficient (Wildman–Crippen LogP) is 1.70. The molecule has 0 saturated carbocycles. The van der Waals surface area contributed by atoms with E-state index < -0.39 is 36.9 Å². The van der Waals surface area contributed by atoms with Gasteiger partial charge in [-0.15, -0.1) is 11.3 Å². The smallest absolute Gasteiger partial charge is 0.348 e. The van der Waals surface area contributed by atoms with Crippen LogP contribution in [0.3, 0.4) is 0 Å². The Labute approximate surface area is 130 Å². The number of aliphatic hydroxyl groups excluding tert-OH is 1. The average molecular weight is 333 g/mol. The molecule has 1 amide bonds. The van der Waals surface area contributed by atoms with Crippen molar-refractivity contribution in [3.05, 3.63) is 21.9 Å². The Kier molecular flexibility index (Phi) is 5.12. The maximum atomic E-state index is 13.4. The Hall–Kier alpha value is -1.54. The number of nitrogens with zero attached hydrogens (tertiary/aromatic N) is 1. The molecule has 0 radical (unpaired) electrons. The number of alkyl halides is 2. The summed E-state index contributed by atoms with van der Waals surface area (Å²) in [6.45, 7) is -0.308. The monoisotopic (exact) mass is 333 g/mol. The lowest BCUT2D eigenvalue weighted by Crippen LogP contribution is -2.38. The second-order valence-corrected chi connectivity index (χ2v) is 6.27. The largest absolute Gasteiger partial charge is 0.465 e. The van der Waals surface area contributed by atoms with Crippen molar-refractivity contribution in [1.82, 2.24) is 4.90 Å². The fourth-order valence-electron chi connectivity index (χ4n) is 2.46.